The number of pyridine rings is 3. The van der Waals surface area contributed by atoms with E-state index < -0.39 is 31.9 Å². The van der Waals surface area contributed by atoms with Crippen LogP contribution in [-0.2, 0) is 65.3 Å². The highest BCUT2D eigenvalue weighted by atomic mass is 32.2. The second-order valence-corrected chi connectivity index (χ2v) is 28.3. The summed E-state index contributed by atoms with van der Waals surface area (Å²) in [5.41, 5.74) is 11.2. The maximum atomic E-state index is 13.7. The quantitative estimate of drug-likeness (QED) is 0.0223. The van der Waals surface area contributed by atoms with E-state index in [1.54, 1.807) is 19.5 Å². The van der Waals surface area contributed by atoms with Gasteiger partial charge in [-0.1, -0.05) is 100 Å². The van der Waals surface area contributed by atoms with Crippen LogP contribution in [0.3, 0.4) is 0 Å². The first kappa shape index (κ1) is 73.8. The van der Waals surface area contributed by atoms with Gasteiger partial charge in [0.05, 0.1) is 46.5 Å². The molecule has 522 valence electrons. The third kappa shape index (κ3) is 17.9. The number of urea groups is 1. The summed E-state index contributed by atoms with van der Waals surface area (Å²) in [6, 6.07) is 35.1. The van der Waals surface area contributed by atoms with Crippen molar-refractivity contribution in [2.75, 3.05) is 68.9 Å². The molecular weight excluding hydrogens is 1300 g/mol. The van der Waals surface area contributed by atoms with E-state index in [0.717, 1.165) is 106 Å². The Morgan fingerprint density at radius 1 is 0.869 bits per heavy atom. The van der Waals surface area contributed by atoms with E-state index in [1.165, 1.54) is 27.6 Å². The Morgan fingerprint density at radius 3 is 2.26 bits per heavy atom. The van der Waals surface area contributed by atoms with Gasteiger partial charge in [0.2, 0.25) is 11.8 Å². The topological polar surface area (TPSA) is 292 Å². The van der Waals surface area contributed by atoms with Crippen molar-refractivity contribution in [1.82, 2.24) is 35.4 Å². The van der Waals surface area contributed by atoms with Crippen molar-refractivity contribution in [3.8, 4) is 5.88 Å². The number of methoxy groups -OCH3 is 1. The van der Waals surface area contributed by atoms with Crippen molar-refractivity contribution < 1.29 is 59.2 Å². The molecule has 2 unspecified atom stereocenters. The molecule has 0 spiro atoms. The fraction of sp³-hybridized carbons (Fsp3) is 0.400. The van der Waals surface area contributed by atoms with Crippen LogP contribution in [0, 0.1) is 0 Å². The Balaban J connectivity index is 0.00000156. The molecule has 99 heavy (non-hydrogen) atoms. The number of unbranched alkanes of at least 4 members (excludes halogenated alkanes) is 2. The standard InChI is InChI=1S/C74H88N10O7S.CO2.O3S/c1-8-40-83-62-33-27-51-19-11-13-22-58(51)68(62)73(3,4)64(83)35-29-53(30-36-65-74(5,6)69-59-23-14-12-20-52(59)28-34-63(69)84(65)42-18-45-92(88,89)90)60-32-26-56(48-77-60)71(86)76-38-15-9-10-25-66(85)78-49-57-46-54-21-16-39-75-70(54)80-61(57)24-17-41-81-43-44-82(72(81)87)50(2)55-31-37-67(91-7)79-47-55;2-1-3;1-4(2)3/h11-14,19-20,22-23,26-37,46-48,50,65H,8-10,15-18,21,24-25,38-45,49H2,1-7H3,(H,75,80)(H,76,86)(H,78,85)(H,88,89,90);;/b36-30+,53-29-,64-35+;;/t50-,65?;;/m0../s1. The summed E-state index contributed by atoms with van der Waals surface area (Å²) >= 11 is 0. The predicted molar refractivity (Wildman–Crippen MR) is 379 cm³/mol. The second kappa shape index (κ2) is 33.4. The molecule has 3 atom stereocenters. The molecule has 4 aliphatic heterocycles. The highest BCUT2D eigenvalue weighted by Gasteiger charge is 2.49. The van der Waals surface area contributed by atoms with E-state index in [1.807, 2.05) is 47.1 Å². The Morgan fingerprint density at radius 2 is 1.59 bits per heavy atom. The summed E-state index contributed by atoms with van der Waals surface area (Å²) in [5, 5.41) is 14.4. The van der Waals surface area contributed by atoms with Gasteiger partial charge < -0.3 is 39.9 Å². The predicted octanol–water partition coefficient (Wildman–Crippen LogP) is 9.84. The fourth-order valence-electron chi connectivity index (χ4n) is 14.4. The molecule has 7 heterocycles. The minimum absolute atomic E-state index is 0.0167. The van der Waals surface area contributed by atoms with Crippen LogP contribution in [0.15, 0.2) is 146 Å². The summed E-state index contributed by atoms with van der Waals surface area (Å²) in [6.07, 6.45) is 19.4. The maximum Gasteiger partial charge on any atom is 0.425 e. The monoisotopic (exact) mass is 1380 g/mol. The number of rotatable bonds is 26. The van der Waals surface area contributed by atoms with Gasteiger partial charge in [-0.2, -0.15) is 9.59 Å². The zero-order valence-corrected chi connectivity index (χ0v) is 58.9. The molecule has 1 saturated heterocycles. The molecule has 4 amide bonds. The Bertz CT molecular complexity index is 4440. The van der Waals surface area contributed by atoms with Gasteiger partial charge in [-0.25, -0.2) is 23.2 Å². The van der Waals surface area contributed by atoms with Crippen LogP contribution in [0.25, 0.3) is 27.1 Å². The van der Waals surface area contributed by atoms with E-state index in [-0.39, 0.29) is 47.9 Å². The Hall–Kier alpha value is -9.45. The lowest BCUT2D eigenvalue weighted by molar-refractivity contribution is -0.850. The first-order valence-electron chi connectivity index (χ1n) is 33.8. The molecule has 0 aliphatic carbocycles. The summed E-state index contributed by atoms with van der Waals surface area (Å²) in [6.45, 7) is 18.2. The van der Waals surface area contributed by atoms with Gasteiger partial charge in [-0.3, -0.25) is 19.5 Å². The average molecular weight is 1390 g/mol. The molecule has 3 aromatic heterocycles. The van der Waals surface area contributed by atoms with Crippen molar-refractivity contribution in [1.29, 1.82) is 0 Å². The lowest BCUT2D eigenvalue weighted by atomic mass is 9.78. The second-order valence-electron chi connectivity index (χ2n) is 26.4. The number of carbonyl (C=O) groups is 3. The van der Waals surface area contributed by atoms with Crippen molar-refractivity contribution in [3.63, 3.8) is 0 Å². The molecule has 0 bridgehead atoms. The van der Waals surface area contributed by atoms with Crippen molar-refractivity contribution >= 4 is 89.0 Å². The normalized spacial score (nSPS) is 17.4. The molecule has 22 nitrogen and oxygen atoms in total. The molecule has 4 N–H and O–H groups in total. The van der Waals surface area contributed by atoms with E-state index >= 15 is 0 Å². The molecule has 24 heteroatoms. The SMILES string of the molecule is CCCN1/C(=C/C=C(/C=C/C2[NH+](CCCS(=O)(=O)[O-])c3ccc4ccccc4c3C2(C)C)c2ccc(C(=O)NCCCCCC(=O)NCc3cc4c(nc3CCCN3CCN([C@@H](C)c5ccc(OC)nc5)C3=O)NCCC4)cn2)C(C)(C)c2c1ccc1ccccc21.O=C=O.O=S(=O)=O. The van der Waals surface area contributed by atoms with E-state index in [0.29, 0.717) is 82.1 Å². The van der Waals surface area contributed by atoms with Gasteiger partial charge in [0, 0.05) is 123 Å². The van der Waals surface area contributed by atoms with E-state index in [2.05, 4.69) is 158 Å². The lowest BCUT2D eigenvalue weighted by Crippen LogP contribution is -3.10. The number of hydrogen-bond acceptors (Lipinski definition) is 17. The maximum absolute atomic E-state index is 13.7. The van der Waals surface area contributed by atoms with Crippen LogP contribution in [0.1, 0.15) is 149 Å². The van der Waals surface area contributed by atoms with Gasteiger partial charge in [0.25, 0.3) is 5.91 Å². The van der Waals surface area contributed by atoms with Crippen molar-refractivity contribution in [2.24, 2.45) is 0 Å². The molecule has 0 radical (unpaired) electrons. The van der Waals surface area contributed by atoms with Gasteiger partial charge in [0.1, 0.15) is 17.5 Å². The molecule has 11 rings (SSSR count). The summed E-state index contributed by atoms with van der Waals surface area (Å²) in [4.78, 5) is 78.5. The number of allylic oxidation sites excluding steroid dienone is 5. The minimum atomic E-state index is -4.41. The number of carbonyl (C=O) groups excluding carboxylic acids is 5. The number of anilines is 2. The van der Waals surface area contributed by atoms with E-state index in [4.69, 9.17) is 36.9 Å². The molecule has 4 aromatic carbocycles. The number of benzene rings is 4. The largest absolute Gasteiger partial charge is 0.748 e. The van der Waals surface area contributed by atoms with Gasteiger partial charge >= 0.3 is 22.8 Å². The number of amides is 4. The summed E-state index contributed by atoms with van der Waals surface area (Å²) in [7, 11) is -5.94. The molecule has 7 aromatic rings. The number of nitrogens with zero attached hydrogens (tertiary/aromatic N) is 6. The number of fused-ring (bicyclic) bond motifs is 7. The number of aromatic nitrogens is 3. The average Bonchev–Trinajstić information content (AvgIpc) is 1.58. The number of quaternary nitrogens is 1. The van der Waals surface area contributed by atoms with Crippen molar-refractivity contribution in [2.45, 2.75) is 135 Å². The minimum Gasteiger partial charge on any atom is -0.748 e. The molecule has 4 aliphatic rings. The Kier molecular flexibility index (Phi) is 24.9. The number of ether oxygens (including phenoxy) is 1. The van der Waals surface area contributed by atoms with Crippen LogP contribution in [0.5, 0.6) is 5.88 Å². The van der Waals surface area contributed by atoms with Gasteiger partial charge in [-0.05, 0) is 152 Å². The molecular formula is C75H88N10O12S2. The summed E-state index contributed by atoms with van der Waals surface area (Å²) in [5.74, 6) is 0.741. The van der Waals surface area contributed by atoms with Crippen LogP contribution in [0.2, 0.25) is 0 Å². The van der Waals surface area contributed by atoms with Gasteiger partial charge in [-0.15, -0.1) is 12.6 Å². The van der Waals surface area contributed by atoms with Crippen molar-refractivity contribution in [3.05, 3.63) is 190 Å². The number of nitrogens with one attached hydrogen (secondary N) is 4. The third-order valence-corrected chi connectivity index (χ3v) is 20.0. The Labute approximate surface area is 580 Å². The summed E-state index contributed by atoms with van der Waals surface area (Å²) < 4.78 is 66.4. The highest BCUT2D eigenvalue weighted by molar-refractivity contribution is 7.85. The van der Waals surface area contributed by atoms with Gasteiger partial charge in [0.15, 0.2) is 0 Å². The first-order valence-corrected chi connectivity index (χ1v) is 36.4. The highest BCUT2D eigenvalue weighted by Crippen LogP contribution is 2.51. The third-order valence-electron chi connectivity index (χ3n) is 19.2. The smallest absolute Gasteiger partial charge is 0.425 e. The zero-order valence-electron chi connectivity index (χ0n) is 57.3. The van der Waals surface area contributed by atoms with Crippen LogP contribution in [-0.4, -0.2) is 139 Å². The first-order chi connectivity index (χ1) is 47.5. The molecule has 0 saturated carbocycles. The fourth-order valence-corrected chi connectivity index (χ4v) is 14.9. The van der Waals surface area contributed by atoms with Crippen LogP contribution >= 0.6 is 0 Å². The lowest BCUT2D eigenvalue weighted by Gasteiger charge is -2.28. The van der Waals surface area contributed by atoms with Crippen LogP contribution < -0.4 is 30.5 Å². The molecule has 1 fully saturated rings. The number of aryl methyl sites for hydroxylation is 2. The number of hydrogen-bond donors (Lipinski definition) is 4. The van der Waals surface area contributed by atoms with Crippen LogP contribution in [0.4, 0.5) is 22.0 Å². The van der Waals surface area contributed by atoms with E-state index in [9.17, 15) is 27.4 Å². The zero-order chi connectivity index (χ0) is 71.0.